The molecule has 2 aliphatic heterocycles. The molecule has 0 radical (unpaired) electrons. The van der Waals surface area contributed by atoms with Crippen molar-refractivity contribution < 1.29 is 49.1 Å². The van der Waals surface area contributed by atoms with Gasteiger partial charge in [0.25, 0.3) is 11.8 Å². The predicted molar refractivity (Wildman–Crippen MR) is 194 cm³/mol. The minimum atomic E-state index is -4.93. The van der Waals surface area contributed by atoms with Crippen molar-refractivity contribution in [1.29, 1.82) is 0 Å². The topological polar surface area (TPSA) is 101 Å². The third-order valence-corrected chi connectivity index (χ3v) is 10.6. The zero-order valence-electron chi connectivity index (χ0n) is 31.5. The first-order valence-corrected chi connectivity index (χ1v) is 18.5. The Balaban J connectivity index is 0.000000179. The highest BCUT2D eigenvalue weighted by molar-refractivity contribution is 5.92. The van der Waals surface area contributed by atoms with E-state index in [-0.39, 0.29) is 68.2 Å². The standard InChI is InChI=1S/C20H17F5N4O.C20H18F4N4O/c1-11-2-3-16-26-27-18(29(16)10-11)19(30)28-6-4-12(5-7-28)14-8-13(21)9-15(22)17(14)20(23,24)25;1-12-5-6-16-25-26-18(28(16)11-12)19(29)27-9-7-13(8-10-27)14-3-2-4-15(21)17(14)20(22,23)24/h2-3,8-10,12H,4-7H2,1H3;2-6,11,13H,7-10H2,1H3. The number of carbonyl (C=O) groups is 2. The molecule has 4 aromatic heterocycles. The molecule has 310 valence electrons. The number of nitrogens with zero attached hydrogens (tertiary/aromatic N) is 8. The zero-order valence-corrected chi connectivity index (χ0v) is 31.5. The summed E-state index contributed by atoms with van der Waals surface area (Å²) in [6.07, 6.45) is -5.29. The van der Waals surface area contributed by atoms with Gasteiger partial charge in [0.15, 0.2) is 11.3 Å². The van der Waals surface area contributed by atoms with Gasteiger partial charge in [-0.3, -0.25) is 18.4 Å². The Morgan fingerprint density at radius 1 is 0.576 bits per heavy atom. The summed E-state index contributed by atoms with van der Waals surface area (Å²) in [6, 6.07) is 11.6. The quantitative estimate of drug-likeness (QED) is 0.165. The molecule has 8 rings (SSSR count). The number of aryl methyl sites for hydroxylation is 2. The number of hydrogen-bond acceptors (Lipinski definition) is 6. The highest BCUT2D eigenvalue weighted by atomic mass is 19.4. The molecule has 6 aromatic rings. The van der Waals surface area contributed by atoms with Gasteiger partial charge in [-0.15, -0.1) is 20.4 Å². The summed E-state index contributed by atoms with van der Waals surface area (Å²) < 4.78 is 124. The van der Waals surface area contributed by atoms with Gasteiger partial charge in [0.1, 0.15) is 17.5 Å². The van der Waals surface area contributed by atoms with Crippen LogP contribution in [0.4, 0.5) is 39.5 Å². The van der Waals surface area contributed by atoms with Crippen molar-refractivity contribution in [2.24, 2.45) is 0 Å². The van der Waals surface area contributed by atoms with E-state index in [0.717, 1.165) is 23.3 Å². The van der Waals surface area contributed by atoms with Gasteiger partial charge in [-0.25, -0.2) is 13.2 Å². The van der Waals surface area contributed by atoms with Gasteiger partial charge in [-0.1, -0.05) is 24.3 Å². The van der Waals surface area contributed by atoms with Gasteiger partial charge < -0.3 is 9.80 Å². The molecule has 0 atom stereocenters. The molecule has 0 spiro atoms. The van der Waals surface area contributed by atoms with E-state index in [2.05, 4.69) is 20.4 Å². The van der Waals surface area contributed by atoms with Crippen LogP contribution in [0.15, 0.2) is 67.0 Å². The molecule has 2 saturated heterocycles. The number of halogens is 9. The van der Waals surface area contributed by atoms with E-state index in [1.165, 1.54) is 17.0 Å². The van der Waals surface area contributed by atoms with Crippen LogP contribution in [0.25, 0.3) is 11.3 Å². The van der Waals surface area contributed by atoms with Crippen LogP contribution in [0.1, 0.15) is 92.1 Å². The van der Waals surface area contributed by atoms with Crippen LogP contribution in [0, 0.1) is 31.3 Å². The molecule has 0 N–H and O–H groups in total. The normalized spacial score (nSPS) is 15.8. The molecule has 2 aliphatic rings. The van der Waals surface area contributed by atoms with E-state index in [4.69, 9.17) is 0 Å². The predicted octanol–water partition coefficient (Wildman–Crippen LogP) is 8.57. The van der Waals surface area contributed by atoms with Crippen molar-refractivity contribution in [3.8, 4) is 0 Å². The Morgan fingerprint density at radius 2 is 1.02 bits per heavy atom. The van der Waals surface area contributed by atoms with Crippen molar-refractivity contribution in [1.82, 2.24) is 39.0 Å². The van der Waals surface area contributed by atoms with Crippen LogP contribution in [0.2, 0.25) is 0 Å². The number of likely N-dealkylation sites (tertiary alicyclic amines) is 2. The minimum absolute atomic E-state index is 0.0480. The Bertz CT molecular complexity index is 2530. The summed E-state index contributed by atoms with van der Waals surface area (Å²) >= 11 is 0. The SMILES string of the molecule is Cc1ccc2nnc(C(=O)N3CCC(c4cc(F)cc(F)c4C(F)(F)F)CC3)n2c1.Cc1ccc2nnc(C(=O)N3CCC(c4cccc(F)c4C(F)(F)F)CC3)n2c1. The Labute approximate surface area is 330 Å². The molecule has 6 heterocycles. The van der Waals surface area contributed by atoms with Crippen LogP contribution in [-0.4, -0.2) is 77.0 Å². The summed E-state index contributed by atoms with van der Waals surface area (Å²) in [5.74, 6) is -5.56. The van der Waals surface area contributed by atoms with E-state index >= 15 is 0 Å². The van der Waals surface area contributed by atoms with Crippen molar-refractivity contribution in [3.63, 3.8) is 0 Å². The smallest absolute Gasteiger partial charge is 0.336 e. The van der Waals surface area contributed by atoms with Gasteiger partial charge in [0, 0.05) is 44.6 Å². The lowest BCUT2D eigenvalue weighted by Gasteiger charge is -2.33. The first kappa shape index (κ1) is 41.2. The summed E-state index contributed by atoms with van der Waals surface area (Å²) in [7, 11) is 0. The minimum Gasteiger partial charge on any atom is -0.336 e. The molecule has 2 fully saturated rings. The monoisotopic (exact) mass is 830 g/mol. The number of alkyl halides is 6. The number of pyridine rings is 2. The average Bonchev–Trinajstić information content (AvgIpc) is 3.80. The Kier molecular flexibility index (Phi) is 11.1. The Hall–Kier alpha value is -6.01. The molecule has 2 aromatic carbocycles. The van der Waals surface area contributed by atoms with Gasteiger partial charge in [-0.05, 0) is 97.9 Å². The lowest BCUT2D eigenvalue weighted by Crippen LogP contribution is -2.39. The highest BCUT2D eigenvalue weighted by Gasteiger charge is 2.41. The van der Waals surface area contributed by atoms with Crippen molar-refractivity contribution in [2.75, 3.05) is 26.2 Å². The zero-order chi connectivity index (χ0) is 42.4. The summed E-state index contributed by atoms with van der Waals surface area (Å²) in [5, 5.41) is 15.8. The maximum atomic E-state index is 13.9. The number of rotatable bonds is 4. The molecule has 10 nitrogen and oxygen atoms in total. The third-order valence-electron chi connectivity index (χ3n) is 10.6. The number of aromatic nitrogens is 6. The van der Waals surface area contributed by atoms with Crippen LogP contribution in [-0.2, 0) is 12.4 Å². The van der Waals surface area contributed by atoms with Crippen molar-refractivity contribution in [2.45, 2.75) is 63.7 Å². The fourth-order valence-electron chi connectivity index (χ4n) is 7.75. The van der Waals surface area contributed by atoms with Crippen molar-refractivity contribution in [3.05, 3.63) is 129 Å². The number of piperidine rings is 2. The fraction of sp³-hybridized carbons (Fsp3) is 0.350. The van der Waals surface area contributed by atoms with Gasteiger partial charge in [0.05, 0.1) is 11.1 Å². The van der Waals surface area contributed by atoms with Crippen LogP contribution in [0.3, 0.4) is 0 Å². The van der Waals surface area contributed by atoms with E-state index in [0.29, 0.717) is 24.1 Å². The summed E-state index contributed by atoms with van der Waals surface area (Å²) in [6.45, 7) is 4.54. The van der Waals surface area contributed by atoms with E-state index in [1.807, 2.05) is 26.0 Å². The largest absolute Gasteiger partial charge is 0.419 e. The van der Waals surface area contributed by atoms with Crippen LogP contribution < -0.4 is 0 Å². The van der Waals surface area contributed by atoms with E-state index < -0.39 is 64.2 Å². The number of carbonyl (C=O) groups excluding carboxylic acids is 2. The first-order valence-electron chi connectivity index (χ1n) is 18.5. The molecular formula is C40H35F9N8O2. The second kappa shape index (κ2) is 16.0. The fourth-order valence-corrected chi connectivity index (χ4v) is 7.75. The van der Waals surface area contributed by atoms with E-state index in [9.17, 15) is 49.1 Å². The maximum Gasteiger partial charge on any atom is 0.419 e. The molecule has 0 unspecified atom stereocenters. The van der Waals surface area contributed by atoms with E-state index in [1.54, 1.807) is 38.2 Å². The Morgan fingerprint density at radius 3 is 1.47 bits per heavy atom. The average molecular weight is 831 g/mol. The van der Waals surface area contributed by atoms with Gasteiger partial charge in [0.2, 0.25) is 11.6 Å². The molecule has 0 bridgehead atoms. The number of amides is 2. The molecule has 2 amide bonds. The summed E-state index contributed by atoms with van der Waals surface area (Å²) in [4.78, 5) is 28.8. The van der Waals surface area contributed by atoms with Gasteiger partial charge in [-0.2, -0.15) is 26.3 Å². The number of hydrogen-bond donors (Lipinski definition) is 0. The second-order valence-corrected chi connectivity index (χ2v) is 14.6. The second-order valence-electron chi connectivity index (χ2n) is 14.6. The van der Waals surface area contributed by atoms with Gasteiger partial charge >= 0.3 is 12.4 Å². The van der Waals surface area contributed by atoms with Crippen molar-refractivity contribution >= 4 is 23.1 Å². The molecule has 0 aliphatic carbocycles. The number of benzene rings is 2. The lowest BCUT2D eigenvalue weighted by molar-refractivity contribution is -0.141. The molecule has 59 heavy (non-hydrogen) atoms. The first-order chi connectivity index (χ1) is 27.9. The number of fused-ring (bicyclic) bond motifs is 2. The van der Waals surface area contributed by atoms with Crippen LogP contribution in [0.5, 0.6) is 0 Å². The molecular weight excluding hydrogens is 795 g/mol. The van der Waals surface area contributed by atoms with Crippen LogP contribution >= 0.6 is 0 Å². The maximum absolute atomic E-state index is 13.9. The lowest BCUT2D eigenvalue weighted by atomic mass is 9.86. The molecule has 0 saturated carbocycles. The summed E-state index contributed by atoms with van der Waals surface area (Å²) in [5.41, 5.74) is -0.203. The third kappa shape index (κ3) is 8.45. The molecule has 19 heteroatoms. The highest BCUT2D eigenvalue weighted by Crippen LogP contribution is 2.42.